The first kappa shape index (κ1) is 19.0. The van der Waals surface area contributed by atoms with E-state index in [1.54, 1.807) is 10.9 Å². The van der Waals surface area contributed by atoms with Gasteiger partial charge in [0.15, 0.2) is 23.5 Å². The molecule has 2 saturated heterocycles. The van der Waals surface area contributed by atoms with E-state index in [1.165, 1.54) is 6.33 Å². The highest BCUT2D eigenvalue weighted by Crippen LogP contribution is 2.43. The van der Waals surface area contributed by atoms with Crippen LogP contribution in [0.4, 0.5) is 5.82 Å². The number of carboxylic acid groups (broad SMARTS) is 1. The number of nitrogens with two attached hydrogens (primary N) is 1. The summed E-state index contributed by atoms with van der Waals surface area (Å²) in [5, 5.41) is 12.0. The average Bonchev–Trinajstić information content (AvgIpc) is 3.26. The molecule has 0 aromatic carbocycles. The van der Waals surface area contributed by atoms with Crippen LogP contribution in [0.5, 0.6) is 0 Å². The summed E-state index contributed by atoms with van der Waals surface area (Å²) in [4.78, 5) is 23.2. The normalized spacial score (nSPS) is 28.6. The van der Waals surface area contributed by atoms with Gasteiger partial charge in [0.05, 0.1) is 6.33 Å². The van der Waals surface area contributed by atoms with E-state index in [9.17, 15) is 4.79 Å². The zero-order chi connectivity index (χ0) is 19.9. The molecule has 4 rings (SSSR count). The lowest BCUT2D eigenvalue weighted by Crippen LogP contribution is -2.38. The first-order chi connectivity index (χ1) is 13.4. The molecule has 28 heavy (non-hydrogen) atoms. The lowest BCUT2D eigenvalue weighted by molar-refractivity contribution is -0.195. The number of imidazole rings is 1. The molecule has 2 fully saturated rings. The average molecular weight is 392 g/mol. The Labute approximate surface area is 161 Å². The van der Waals surface area contributed by atoms with Crippen molar-refractivity contribution in [1.82, 2.24) is 24.8 Å². The molecule has 4 N–H and O–H groups in total. The number of nitrogens with one attached hydrogen (secondary N) is 1. The number of fused-ring (bicyclic) bond motifs is 2. The van der Waals surface area contributed by atoms with Crippen molar-refractivity contribution in [3.8, 4) is 0 Å². The maximum absolute atomic E-state index is 10.6. The highest BCUT2D eigenvalue weighted by Gasteiger charge is 2.55. The van der Waals surface area contributed by atoms with Crippen LogP contribution in [0.3, 0.4) is 0 Å². The van der Waals surface area contributed by atoms with Gasteiger partial charge in [0.25, 0.3) is 0 Å². The largest absolute Gasteiger partial charge is 0.481 e. The van der Waals surface area contributed by atoms with E-state index in [0.717, 1.165) is 0 Å². The van der Waals surface area contributed by atoms with Gasteiger partial charge in [-0.2, -0.15) is 0 Å². The fourth-order valence-electron chi connectivity index (χ4n) is 3.71. The van der Waals surface area contributed by atoms with Crippen LogP contribution in [0.25, 0.3) is 11.2 Å². The Bertz CT molecular complexity index is 871. The Kier molecular flexibility index (Phi) is 4.91. The number of hydrogen-bond acceptors (Lipinski definition) is 9. The zero-order valence-electron chi connectivity index (χ0n) is 15.7. The molecule has 2 aliphatic heterocycles. The number of carboxylic acids is 1. The number of carbonyl (C=O) groups is 1. The van der Waals surface area contributed by atoms with E-state index < -0.39 is 18.0 Å². The molecule has 2 aliphatic rings. The molecule has 11 heteroatoms. The van der Waals surface area contributed by atoms with Gasteiger partial charge in [0.1, 0.15) is 30.2 Å². The fourth-order valence-corrected chi connectivity index (χ4v) is 3.71. The fraction of sp³-hybridized carbons (Fsp3) is 0.647. The molecule has 0 bridgehead atoms. The summed E-state index contributed by atoms with van der Waals surface area (Å²) in [6.45, 7) is 4.83. The summed E-state index contributed by atoms with van der Waals surface area (Å²) in [7, 11) is 0. The second-order valence-electron chi connectivity index (χ2n) is 7.41. The standard InChI is InChI=1S/C17H24N6O5/c1-17(2)27-12-9(6-19-5-3-4-10(24)25)26-16(13(12)28-17)23-8-22-11-14(18)20-7-21-15(11)23/h7-9,12-13,16,19H,3-6H2,1-2H3,(H,24,25)(H2,18,20,21)/t9?,12-,13-,16?/m1/s1. The van der Waals surface area contributed by atoms with Crippen molar-refractivity contribution in [2.75, 3.05) is 18.8 Å². The van der Waals surface area contributed by atoms with Crippen molar-refractivity contribution in [2.45, 2.75) is 57.0 Å². The summed E-state index contributed by atoms with van der Waals surface area (Å²) in [6.07, 6.45) is 2.33. The molecular formula is C17H24N6O5. The Morgan fingerprint density at radius 3 is 2.89 bits per heavy atom. The number of hydrogen-bond donors (Lipinski definition) is 3. The smallest absolute Gasteiger partial charge is 0.303 e. The molecule has 0 spiro atoms. The number of nitrogens with zero attached hydrogens (tertiary/aromatic N) is 4. The van der Waals surface area contributed by atoms with Crippen LogP contribution in [-0.2, 0) is 19.0 Å². The first-order valence-electron chi connectivity index (χ1n) is 9.22. The van der Waals surface area contributed by atoms with Gasteiger partial charge in [0.2, 0.25) is 0 Å². The molecule has 11 nitrogen and oxygen atoms in total. The molecular weight excluding hydrogens is 368 g/mol. The zero-order valence-corrected chi connectivity index (χ0v) is 15.7. The highest BCUT2D eigenvalue weighted by molar-refractivity contribution is 5.81. The van der Waals surface area contributed by atoms with E-state index in [1.807, 2.05) is 13.8 Å². The maximum atomic E-state index is 10.6. The van der Waals surface area contributed by atoms with Gasteiger partial charge in [-0.15, -0.1) is 0 Å². The Morgan fingerprint density at radius 2 is 2.11 bits per heavy atom. The summed E-state index contributed by atoms with van der Waals surface area (Å²) in [5.41, 5.74) is 6.96. The van der Waals surface area contributed by atoms with Crippen molar-refractivity contribution < 1.29 is 24.1 Å². The molecule has 4 atom stereocenters. The van der Waals surface area contributed by atoms with Crippen molar-refractivity contribution in [3.63, 3.8) is 0 Å². The summed E-state index contributed by atoms with van der Waals surface area (Å²) < 4.78 is 20.2. The second kappa shape index (κ2) is 7.24. The number of aliphatic carboxylic acids is 1. The number of aromatic nitrogens is 4. The van der Waals surface area contributed by atoms with Crippen molar-refractivity contribution in [3.05, 3.63) is 12.7 Å². The van der Waals surface area contributed by atoms with Crippen molar-refractivity contribution in [2.24, 2.45) is 0 Å². The molecule has 2 unspecified atom stereocenters. The Balaban J connectivity index is 1.51. The minimum atomic E-state index is -0.804. The topological polar surface area (TPSA) is 147 Å². The summed E-state index contributed by atoms with van der Waals surface area (Å²) >= 11 is 0. The molecule has 0 amide bonds. The Morgan fingerprint density at radius 1 is 1.32 bits per heavy atom. The van der Waals surface area contributed by atoms with Crippen LogP contribution in [0, 0.1) is 0 Å². The van der Waals surface area contributed by atoms with Gasteiger partial charge in [-0.05, 0) is 26.8 Å². The number of nitrogen functional groups attached to an aromatic ring is 1. The molecule has 0 aliphatic carbocycles. The van der Waals surface area contributed by atoms with Gasteiger partial charge in [-0.25, -0.2) is 15.0 Å². The number of anilines is 1. The van der Waals surface area contributed by atoms with Gasteiger partial charge in [-0.3, -0.25) is 9.36 Å². The SMILES string of the molecule is CC1(C)O[C@@H]2C(CNCCCC(=O)O)OC(n3cnc4c(N)ncnc43)[C@@H]2O1. The molecule has 2 aromatic rings. The number of ether oxygens (including phenoxy) is 3. The third-order valence-electron chi connectivity index (χ3n) is 4.88. The lowest BCUT2D eigenvalue weighted by Gasteiger charge is -2.25. The van der Waals surface area contributed by atoms with Gasteiger partial charge >= 0.3 is 5.97 Å². The van der Waals surface area contributed by atoms with Gasteiger partial charge < -0.3 is 30.4 Å². The van der Waals surface area contributed by atoms with E-state index >= 15 is 0 Å². The third-order valence-corrected chi connectivity index (χ3v) is 4.88. The van der Waals surface area contributed by atoms with Crippen LogP contribution in [-0.4, -0.2) is 67.8 Å². The quantitative estimate of drug-likeness (QED) is 0.561. The van der Waals surface area contributed by atoms with Crippen LogP contribution in [0.2, 0.25) is 0 Å². The predicted octanol–water partition coefficient (Wildman–Crippen LogP) is 0.280. The van der Waals surface area contributed by atoms with Crippen molar-refractivity contribution in [1.29, 1.82) is 0 Å². The minimum absolute atomic E-state index is 0.127. The van der Waals surface area contributed by atoms with E-state index in [-0.39, 0.29) is 24.7 Å². The first-order valence-corrected chi connectivity index (χ1v) is 9.22. The number of rotatable bonds is 7. The summed E-state index contributed by atoms with van der Waals surface area (Å²) in [6, 6.07) is 0. The third kappa shape index (κ3) is 3.53. The minimum Gasteiger partial charge on any atom is -0.481 e. The maximum Gasteiger partial charge on any atom is 0.303 e. The van der Waals surface area contributed by atoms with Crippen LogP contribution in [0.15, 0.2) is 12.7 Å². The highest BCUT2D eigenvalue weighted by atomic mass is 16.8. The monoisotopic (exact) mass is 392 g/mol. The van der Waals surface area contributed by atoms with Crippen LogP contribution >= 0.6 is 0 Å². The molecule has 152 valence electrons. The molecule has 4 heterocycles. The van der Waals surface area contributed by atoms with E-state index in [4.69, 9.17) is 25.1 Å². The molecule has 0 radical (unpaired) electrons. The van der Waals surface area contributed by atoms with Gasteiger partial charge in [0, 0.05) is 13.0 Å². The van der Waals surface area contributed by atoms with Crippen LogP contribution < -0.4 is 11.1 Å². The second-order valence-corrected chi connectivity index (χ2v) is 7.41. The van der Waals surface area contributed by atoms with Gasteiger partial charge in [-0.1, -0.05) is 0 Å². The summed E-state index contributed by atoms with van der Waals surface area (Å²) in [5.74, 6) is -1.23. The predicted molar refractivity (Wildman–Crippen MR) is 97.2 cm³/mol. The lowest BCUT2D eigenvalue weighted by atomic mass is 10.1. The van der Waals surface area contributed by atoms with E-state index in [2.05, 4.69) is 20.3 Å². The molecule has 2 aromatic heterocycles. The Hall–Kier alpha value is -2.34. The van der Waals surface area contributed by atoms with Crippen LogP contribution in [0.1, 0.15) is 32.9 Å². The van der Waals surface area contributed by atoms with E-state index in [0.29, 0.717) is 36.5 Å². The molecule has 0 saturated carbocycles. The van der Waals surface area contributed by atoms with Crippen molar-refractivity contribution >= 4 is 23.0 Å².